The van der Waals surface area contributed by atoms with Gasteiger partial charge in [-0.3, -0.25) is 0 Å². The van der Waals surface area contributed by atoms with Gasteiger partial charge in [-0.15, -0.1) is 11.3 Å². The molecule has 1 nitrogen and oxygen atoms in total. The highest BCUT2D eigenvalue weighted by Gasteiger charge is 2.17. The Morgan fingerprint density at radius 3 is 3.00 bits per heavy atom. The van der Waals surface area contributed by atoms with Crippen LogP contribution in [0, 0.1) is 0 Å². The average Bonchev–Trinajstić information content (AvgIpc) is 2.53. The quantitative estimate of drug-likeness (QED) is 0.736. The third kappa shape index (κ3) is 1.65. The Labute approximate surface area is 81.7 Å². The summed E-state index contributed by atoms with van der Waals surface area (Å²) in [6.07, 6.45) is 3.87. The summed E-state index contributed by atoms with van der Waals surface area (Å²) in [6, 6.07) is 2.50. The molecule has 1 fully saturated rings. The van der Waals surface area contributed by atoms with Crippen LogP contribution in [0.25, 0.3) is 0 Å². The second-order valence-electron chi connectivity index (χ2n) is 3.14. The van der Waals surface area contributed by atoms with E-state index < -0.39 is 0 Å². The maximum Gasteiger partial charge on any atom is 0.0561 e. The first kappa shape index (κ1) is 8.54. The van der Waals surface area contributed by atoms with Gasteiger partial charge in [-0.05, 0) is 30.8 Å². The van der Waals surface area contributed by atoms with E-state index in [1.165, 1.54) is 24.1 Å². The highest BCUT2D eigenvalue weighted by Crippen LogP contribution is 2.32. The van der Waals surface area contributed by atoms with E-state index in [0.717, 1.165) is 11.6 Å². The van der Waals surface area contributed by atoms with Crippen LogP contribution >= 0.6 is 22.9 Å². The second kappa shape index (κ2) is 3.77. The predicted molar refractivity (Wildman–Crippen MR) is 53.9 cm³/mol. The summed E-state index contributed by atoms with van der Waals surface area (Å²) >= 11 is 7.81. The Morgan fingerprint density at radius 2 is 2.42 bits per heavy atom. The zero-order valence-electron chi connectivity index (χ0n) is 6.85. The summed E-state index contributed by atoms with van der Waals surface area (Å²) in [5.74, 6) is 0. The van der Waals surface area contributed by atoms with Gasteiger partial charge in [-0.25, -0.2) is 0 Å². The molecule has 0 amide bonds. The topological polar surface area (TPSA) is 12.0 Å². The van der Waals surface area contributed by atoms with Crippen LogP contribution in [-0.4, -0.2) is 6.54 Å². The standard InChI is InChI=1S/C9H12ClNS/c10-7-4-6-12-9(7)8-3-1-2-5-11-8/h4,6,8,11H,1-3,5H2/t8-/m1/s1. The van der Waals surface area contributed by atoms with E-state index >= 15 is 0 Å². The van der Waals surface area contributed by atoms with Gasteiger partial charge in [0.1, 0.15) is 0 Å². The molecule has 2 heterocycles. The van der Waals surface area contributed by atoms with Gasteiger partial charge < -0.3 is 5.32 Å². The van der Waals surface area contributed by atoms with E-state index in [4.69, 9.17) is 11.6 Å². The van der Waals surface area contributed by atoms with Crippen molar-refractivity contribution in [2.45, 2.75) is 25.3 Å². The minimum atomic E-state index is 0.520. The maximum absolute atomic E-state index is 6.04. The third-order valence-electron chi connectivity index (χ3n) is 2.27. The summed E-state index contributed by atoms with van der Waals surface area (Å²) in [7, 11) is 0. The highest BCUT2D eigenvalue weighted by atomic mass is 35.5. The van der Waals surface area contributed by atoms with E-state index in [0.29, 0.717) is 6.04 Å². The molecule has 0 unspecified atom stereocenters. The lowest BCUT2D eigenvalue weighted by molar-refractivity contribution is 0.417. The molecule has 1 aromatic heterocycles. The zero-order valence-corrected chi connectivity index (χ0v) is 8.42. The van der Waals surface area contributed by atoms with Crippen LogP contribution in [0.3, 0.4) is 0 Å². The molecule has 3 heteroatoms. The molecule has 1 atom stereocenters. The van der Waals surface area contributed by atoms with E-state index in [2.05, 4.69) is 10.7 Å². The Bertz CT molecular complexity index is 253. The normalized spacial score (nSPS) is 24.2. The molecule has 0 bridgehead atoms. The molecule has 66 valence electrons. The Morgan fingerprint density at radius 1 is 1.50 bits per heavy atom. The number of nitrogens with one attached hydrogen (secondary N) is 1. The molecule has 1 aliphatic rings. The van der Waals surface area contributed by atoms with Crippen molar-refractivity contribution in [3.05, 3.63) is 21.3 Å². The molecule has 1 N–H and O–H groups in total. The van der Waals surface area contributed by atoms with E-state index in [1.807, 2.05) is 6.07 Å². The summed E-state index contributed by atoms with van der Waals surface area (Å²) in [6.45, 7) is 1.14. The van der Waals surface area contributed by atoms with Crippen molar-refractivity contribution in [3.63, 3.8) is 0 Å². The molecule has 12 heavy (non-hydrogen) atoms. The van der Waals surface area contributed by atoms with Gasteiger partial charge in [0, 0.05) is 10.9 Å². The molecule has 0 aromatic carbocycles. The van der Waals surface area contributed by atoms with Crippen LogP contribution in [0.5, 0.6) is 0 Å². The van der Waals surface area contributed by atoms with Gasteiger partial charge in [0.25, 0.3) is 0 Å². The van der Waals surface area contributed by atoms with Crippen LogP contribution in [0.4, 0.5) is 0 Å². The highest BCUT2D eigenvalue weighted by molar-refractivity contribution is 7.10. The minimum absolute atomic E-state index is 0.520. The summed E-state index contributed by atoms with van der Waals surface area (Å²) in [4.78, 5) is 1.32. The van der Waals surface area contributed by atoms with Crippen molar-refractivity contribution in [1.29, 1.82) is 0 Å². The number of halogens is 1. The van der Waals surface area contributed by atoms with Crippen LogP contribution in [0.2, 0.25) is 5.02 Å². The maximum atomic E-state index is 6.04. The molecular formula is C9H12ClNS. The van der Waals surface area contributed by atoms with Crippen molar-refractivity contribution in [2.24, 2.45) is 0 Å². The smallest absolute Gasteiger partial charge is 0.0561 e. The Balaban J connectivity index is 2.13. The van der Waals surface area contributed by atoms with Gasteiger partial charge in [-0.1, -0.05) is 18.0 Å². The minimum Gasteiger partial charge on any atom is -0.309 e. The van der Waals surface area contributed by atoms with Gasteiger partial charge in [-0.2, -0.15) is 0 Å². The van der Waals surface area contributed by atoms with E-state index in [1.54, 1.807) is 11.3 Å². The fourth-order valence-corrected chi connectivity index (χ4v) is 2.93. The average molecular weight is 202 g/mol. The van der Waals surface area contributed by atoms with Crippen LogP contribution in [0.15, 0.2) is 11.4 Å². The third-order valence-corrected chi connectivity index (χ3v) is 3.74. The SMILES string of the molecule is Clc1ccsc1[C@H]1CCCCN1. The summed E-state index contributed by atoms with van der Waals surface area (Å²) < 4.78 is 0. The van der Waals surface area contributed by atoms with Gasteiger partial charge in [0.15, 0.2) is 0 Å². The monoisotopic (exact) mass is 201 g/mol. The first-order valence-corrected chi connectivity index (χ1v) is 5.60. The van der Waals surface area contributed by atoms with E-state index in [-0.39, 0.29) is 0 Å². The molecule has 2 rings (SSSR count). The zero-order chi connectivity index (χ0) is 8.39. The molecule has 0 saturated carbocycles. The predicted octanol–water partition coefficient (Wildman–Crippen LogP) is 3.22. The molecular weight excluding hydrogens is 190 g/mol. The van der Waals surface area contributed by atoms with Crippen molar-refractivity contribution < 1.29 is 0 Å². The number of rotatable bonds is 1. The Hall–Kier alpha value is -0.0500. The fourth-order valence-electron chi connectivity index (χ4n) is 1.63. The first-order valence-electron chi connectivity index (χ1n) is 4.34. The summed E-state index contributed by atoms with van der Waals surface area (Å²) in [5, 5.41) is 6.48. The lowest BCUT2D eigenvalue weighted by Gasteiger charge is -2.22. The van der Waals surface area contributed by atoms with Gasteiger partial charge in [0.2, 0.25) is 0 Å². The van der Waals surface area contributed by atoms with Crippen LogP contribution in [-0.2, 0) is 0 Å². The van der Waals surface area contributed by atoms with Gasteiger partial charge >= 0.3 is 0 Å². The molecule has 1 aromatic rings. The largest absolute Gasteiger partial charge is 0.309 e. The van der Waals surface area contributed by atoms with Crippen molar-refractivity contribution in [3.8, 4) is 0 Å². The number of hydrogen-bond donors (Lipinski definition) is 1. The summed E-state index contributed by atoms with van der Waals surface area (Å²) in [5.41, 5.74) is 0. The lowest BCUT2D eigenvalue weighted by atomic mass is 10.0. The number of hydrogen-bond acceptors (Lipinski definition) is 2. The van der Waals surface area contributed by atoms with E-state index in [9.17, 15) is 0 Å². The van der Waals surface area contributed by atoms with Gasteiger partial charge in [0.05, 0.1) is 5.02 Å². The molecule has 0 aliphatic carbocycles. The molecule has 1 aliphatic heterocycles. The first-order chi connectivity index (χ1) is 5.88. The van der Waals surface area contributed by atoms with Crippen LogP contribution < -0.4 is 5.32 Å². The molecule has 0 radical (unpaired) electrons. The van der Waals surface area contributed by atoms with Crippen molar-refractivity contribution >= 4 is 22.9 Å². The second-order valence-corrected chi connectivity index (χ2v) is 4.49. The fraction of sp³-hybridized carbons (Fsp3) is 0.556. The van der Waals surface area contributed by atoms with Crippen molar-refractivity contribution in [1.82, 2.24) is 5.32 Å². The molecule has 0 spiro atoms. The van der Waals surface area contributed by atoms with Crippen molar-refractivity contribution in [2.75, 3.05) is 6.54 Å². The lowest BCUT2D eigenvalue weighted by Crippen LogP contribution is -2.26. The van der Waals surface area contributed by atoms with Crippen LogP contribution in [0.1, 0.15) is 30.2 Å². The Kier molecular flexibility index (Phi) is 2.69. The molecule has 1 saturated heterocycles. The number of thiophene rings is 1. The number of piperidine rings is 1.